The van der Waals surface area contributed by atoms with Crippen molar-refractivity contribution in [1.82, 2.24) is 5.32 Å². The van der Waals surface area contributed by atoms with Crippen LogP contribution in [-0.2, 0) is 6.54 Å². The first kappa shape index (κ1) is 11.8. The zero-order chi connectivity index (χ0) is 11.3. The molecular weight excluding hydrogens is 192 g/mol. The summed E-state index contributed by atoms with van der Waals surface area (Å²) in [5.74, 6) is 0.435. The fourth-order valence-corrected chi connectivity index (χ4v) is 1.42. The molecular formula is C11H18N2O2. The standard InChI is InChI=1S/C11H18N2O2/c1-3-4-8(2)13-7-9-5-6-10(15-9)11(12)14/h5-6,8,13H,3-4,7H2,1-2H3,(H2,12,14). The predicted molar refractivity (Wildman–Crippen MR) is 58.4 cm³/mol. The molecule has 1 heterocycles. The van der Waals surface area contributed by atoms with Crippen LogP contribution in [0.25, 0.3) is 0 Å². The van der Waals surface area contributed by atoms with Gasteiger partial charge in [0.05, 0.1) is 6.54 Å². The molecule has 15 heavy (non-hydrogen) atoms. The van der Waals surface area contributed by atoms with Crippen molar-refractivity contribution in [2.45, 2.75) is 39.3 Å². The van der Waals surface area contributed by atoms with Gasteiger partial charge in [-0.25, -0.2) is 0 Å². The maximum atomic E-state index is 10.8. The largest absolute Gasteiger partial charge is 0.455 e. The third-order valence-corrected chi connectivity index (χ3v) is 2.25. The van der Waals surface area contributed by atoms with E-state index < -0.39 is 5.91 Å². The average Bonchev–Trinajstić information content (AvgIpc) is 2.63. The van der Waals surface area contributed by atoms with Gasteiger partial charge in [-0.3, -0.25) is 4.79 Å². The quantitative estimate of drug-likeness (QED) is 0.750. The number of nitrogens with two attached hydrogens (primary N) is 1. The van der Waals surface area contributed by atoms with Crippen molar-refractivity contribution in [3.05, 3.63) is 23.7 Å². The van der Waals surface area contributed by atoms with Crippen LogP contribution >= 0.6 is 0 Å². The van der Waals surface area contributed by atoms with Crippen molar-refractivity contribution in [2.24, 2.45) is 5.73 Å². The summed E-state index contributed by atoms with van der Waals surface area (Å²) in [6.07, 6.45) is 2.28. The highest BCUT2D eigenvalue weighted by Crippen LogP contribution is 2.07. The van der Waals surface area contributed by atoms with Gasteiger partial charge in [0.25, 0.3) is 5.91 Å². The molecule has 3 N–H and O–H groups in total. The van der Waals surface area contributed by atoms with Crippen LogP contribution < -0.4 is 11.1 Å². The molecule has 1 aromatic rings. The van der Waals surface area contributed by atoms with Gasteiger partial charge in [0.2, 0.25) is 0 Å². The van der Waals surface area contributed by atoms with Crippen LogP contribution in [-0.4, -0.2) is 11.9 Å². The normalized spacial score (nSPS) is 12.7. The molecule has 0 aromatic carbocycles. The Morgan fingerprint density at radius 2 is 2.33 bits per heavy atom. The van der Waals surface area contributed by atoms with Crippen LogP contribution in [0, 0.1) is 0 Å². The Kier molecular flexibility index (Phi) is 4.37. The maximum absolute atomic E-state index is 10.8. The molecule has 1 aromatic heterocycles. The van der Waals surface area contributed by atoms with E-state index in [1.165, 1.54) is 0 Å². The van der Waals surface area contributed by atoms with E-state index in [-0.39, 0.29) is 5.76 Å². The summed E-state index contributed by atoms with van der Waals surface area (Å²) >= 11 is 0. The third kappa shape index (κ3) is 3.75. The number of furan rings is 1. The van der Waals surface area contributed by atoms with Crippen molar-refractivity contribution in [3.8, 4) is 0 Å². The summed E-state index contributed by atoms with van der Waals surface area (Å²) < 4.78 is 5.24. The molecule has 1 unspecified atom stereocenters. The van der Waals surface area contributed by atoms with Gasteiger partial charge in [-0.2, -0.15) is 0 Å². The lowest BCUT2D eigenvalue weighted by Gasteiger charge is -2.10. The fourth-order valence-electron chi connectivity index (χ4n) is 1.42. The lowest BCUT2D eigenvalue weighted by molar-refractivity contribution is 0.0972. The highest BCUT2D eigenvalue weighted by atomic mass is 16.3. The first-order valence-electron chi connectivity index (χ1n) is 5.25. The summed E-state index contributed by atoms with van der Waals surface area (Å²) in [5.41, 5.74) is 5.08. The maximum Gasteiger partial charge on any atom is 0.284 e. The van der Waals surface area contributed by atoms with Gasteiger partial charge < -0.3 is 15.5 Å². The Morgan fingerprint density at radius 1 is 1.60 bits per heavy atom. The van der Waals surface area contributed by atoms with Crippen molar-refractivity contribution < 1.29 is 9.21 Å². The van der Waals surface area contributed by atoms with Gasteiger partial charge in [0.1, 0.15) is 5.76 Å². The monoisotopic (exact) mass is 210 g/mol. The Balaban J connectivity index is 2.40. The molecule has 1 atom stereocenters. The zero-order valence-electron chi connectivity index (χ0n) is 9.25. The molecule has 4 nitrogen and oxygen atoms in total. The second-order valence-electron chi connectivity index (χ2n) is 3.70. The lowest BCUT2D eigenvalue weighted by atomic mass is 10.2. The first-order valence-corrected chi connectivity index (χ1v) is 5.25. The first-order chi connectivity index (χ1) is 7.13. The minimum absolute atomic E-state index is 0.218. The number of primary amides is 1. The van der Waals surface area contributed by atoms with Gasteiger partial charge in [-0.1, -0.05) is 13.3 Å². The SMILES string of the molecule is CCCC(C)NCc1ccc(C(N)=O)o1. The molecule has 1 amide bonds. The highest BCUT2D eigenvalue weighted by molar-refractivity contribution is 5.89. The summed E-state index contributed by atoms with van der Waals surface area (Å²) in [7, 11) is 0. The van der Waals surface area contributed by atoms with Gasteiger partial charge in [-0.15, -0.1) is 0 Å². The molecule has 4 heteroatoms. The van der Waals surface area contributed by atoms with Crippen molar-refractivity contribution in [3.63, 3.8) is 0 Å². The number of hydrogen-bond donors (Lipinski definition) is 2. The van der Waals surface area contributed by atoms with Crippen LogP contribution in [0.1, 0.15) is 43.0 Å². The molecule has 0 aliphatic heterocycles. The highest BCUT2D eigenvalue weighted by Gasteiger charge is 2.07. The van der Waals surface area contributed by atoms with Gasteiger partial charge in [-0.05, 0) is 25.5 Å². The Bertz CT molecular complexity index is 320. The number of carbonyl (C=O) groups is 1. The summed E-state index contributed by atoms with van der Waals surface area (Å²) in [5, 5.41) is 3.31. The topological polar surface area (TPSA) is 68.3 Å². The molecule has 0 spiro atoms. The molecule has 1 rings (SSSR count). The molecule has 0 bridgehead atoms. The molecule has 0 saturated heterocycles. The van der Waals surface area contributed by atoms with Crippen molar-refractivity contribution >= 4 is 5.91 Å². The fraction of sp³-hybridized carbons (Fsp3) is 0.545. The molecule has 0 fully saturated rings. The van der Waals surface area contributed by atoms with Crippen LogP contribution in [0.2, 0.25) is 0 Å². The van der Waals surface area contributed by atoms with Gasteiger partial charge >= 0.3 is 0 Å². The van der Waals surface area contributed by atoms with E-state index in [4.69, 9.17) is 10.2 Å². The summed E-state index contributed by atoms with van der Waals surface area (Å²) in [6, 6.07) is 3.83. The predicted octanol–water partition coefficient (Wildman–Crippen LogP) is 1.66. The van der Waals surface area contributed by atoms with E-state index in [2.05, 4.69) is 19.2 Å². The smallest absolute Gasteiger partial charge is 0.284 e. The van der Waals surface area contributed by atoms with E-state index in [0.717, 1.165) is 18.6 Å². The van der Waals surface area contributed by atoms with E-state index >= 15 is 0 Å². The van der Waals surface area contributed by atoms with Crippen molar-refractivity contribution in [1.29, 1.82) is 0 Å². The number of hydrogen-bond acceptors (Lipinski definition) is 3. The van der Waals surface area contributed by atoms with Crippen LogP contribution in [0.4, 0.5) is 0 Å². The van der Waals surface area contributed by atoms with E-state index in [1.54, 1.807) is 12.1 Å². The Labute approximate surface area is 89.8 Å². The van der Waals surface area contributed by atoms with E-state index in [9.17, 15) is 4.79 Å². The third-order valence-electron chi connectivity index (χ3n) is 2.25. The summed E-state index contributed by atoms with van der Waals surface area (Å²) in [4.78, 5) is 10.8. The Morgan fingerprint density at radius 3 is 2.87 bits per heavy atom. The molecule has 0 saturated carbocycles. The number of rotatable bonds is 6. The number of amides is 1. The van der Waals surface area contributed by atoms with Crippen LogP contribution in [0.3, 0.4) is 0 Å². The minimum Gasteiger partial charge on any atom is -0.455 e. The summed E-state index contributed by atoms with van der Waals surface area (Å²) in [6.45, 7) is 4.91. The molecule has 0 aliphatic rings. The Hall–Kier alpha value is -1.29. The van der Waals surface area contributed by atoms with E-state index in [0.29, 0.717) is 12.6 Å². The van der Waals surface area contributed by atoms with Crippen LogP contribution in [0.5, 0.6) is 0 Å². The number of nitrogens with one attached hydrogen (secondary N) is 1. The molecule has 0 aliphatic carbocycles. The minimum atomic E-state index is -0.525. The lowest BCUT2D eigenvalue weighted by Crippen LogP contribution is -2.24. The second kappa shape index (κ2) is 5.56. The van der Waals surface area contributed by atoms with Gasteiger partial charge in [0, 0.05) is 6.04 Å². The van der Waals surface area contributed by atoms with Crippen molar-refractivity contribution in [2.75, 3.05) is 0 Å². The second-order valence-corrected chi connectivity index (χ2v) is 3.70. The molecule has 84 valence electrons. The molecule has 0 radical (unpaired) electrons. The number of carbonyl (C=O) groups excluding carboxylic acids is 1. The van der Waals surface area contributed by atoms with Gasteiger partial charge in [0.15, 0.2) is 5.76 Å². The van der Waals surface area contributed by atoms with Crippen LogP contribution in [0.15, 0.2) is 16.5 Å². The zero-order valence-corrected chi connectivity index (χ0v) is 9.25. The van der Waals surface area contributed by atoms with E-state index in [1.807, 2.05) is 0 Å². The average molecular weight is 210 g/mol.